The Morgan fingerprint density at radius 2 is 2.28 bits per heavy atom. The van der Waals surface area contributed by atoms with Gasteiger partial charge < -0.3 is 15.8 Å². The van der Waals surface area contributed by atoms with Gasteiger partial charge in [0.05, 0.1) is 18.2 Å². The summed E-state index contributed by atoms with van der Waals surface area (Å²) in [5.41, 5.74) is 5.54. The molecule has 1 rings (SSSR count). The summed E-state index contributed by atoms with van der Waals surface area (Å²) in [6, 6.07) is -0.203. The predicted octanol–water partition coefficient (Wildman–Crippen LogP) is 0.136. The molecule has 6 heteroatoms. The van der Waals surface area contributed by atoms with Gasteiger partial charge in [-0.2, -0.15) is 0 Å². The van der Waals surface area contributed by atoms with Crippen molar-refractivity contribution in [3.8, 4) is 0 Å². The molecule has 104 valence electrons. The highest BCUT2D eigenvalue weighted by molar-refractivity contribution is 7.80. The summed E-state index contributed by atoms with van der Waals surface area (Å²) >= 11 is 5.06. The lowest BCUT2D eigenvalue weighted by Crippen LogP contribution is -2.54. The summed E-state index contributed by atoms with van der Waals surface area (Å²) in [6.07, 6.45) is 0.843. The Bertz CT molecular complexity index is 320. The minimum absolute atomic E-state index is 0.00262. The number of nitrogens with zero attached hydrogens (tertiary/aromatic N) is 1. The van der Waals surface area contributed by atoms with Gasteiger partial charge in [0, 0.05) is 25.6 Å². The first-order valence-corrected chi connectivity index (χ1v) is 6.62. The topological polar surface area (TPSA) is 67.6 Å². The summed E-state index contributed by atoms with van der Waals surface area (Å²) in [5.74, 6) is 0.00262. The van der Waals surface area contributed by atoms with E-state index in [4.69, 9.17) is 22.7 Å². The quantitative estimate of drug-likeness (QED) is 0.697. The van der Waals surface area contributed by atoms with Crippen LogP contribution in [0.5, 0.6) is 0 Å². The van der Waals surface area contributed by atoms with Crippen LogP contribution in [0.2, 0.25) is 0 Å². The van der Waals surface area contributed by atoms with Gasteiger partial charge in [-0.05, 0) is 6.42 Å². The van der Waals surface area contributed by atoms with Gasteiger partial charge in [0.15, 0.2) is 0 Å². The van der Waals surface area contributed by atoms with Crippen molar-refractivity contribution in [1.29, 1.82) is 0 Å². The van der Waals surface area contributed by atoms with Gasteiger partial charge in [0.1, 0.15) is 6.04 Å². The Hall–Kier alpha value is -0.720. The molecule has 3 N–H and O–H groups in total. The zero-order valence-corrected chi connectivity index (χ0v) is 12.2. The minimum atomic E-state index is -0.203. The standard InChI is InChI=1S/C12H23N3O2S/c1-12(2,11(13)18)4-5-15-6-7-17-8-9(15)10(16)14-3/h9H,4-8H2,1-3H3,(H2,13,18)(H,14,16). The number of hydrogen-bond donors (Lipinski definition) is 2. The Kier molecular flexibility index (Phi) is 5.49. The van der Waals surface area contributed by atoms with E-state index in [0.29, 0.717) is 18.2 Å². The van der Waals surface area contributed by atoms with Crippen molar-refractivity contribution in [3.05, 3.63) is 0 Å². The lowest BCUT2D eigenvalue weighted by atomic mass is 9.89. The van der Waals surface area contributed by atoms with Crippen LogP contribution in [0.3, 0.4) is 0 Å². The second-order valence-electron chi connectivity index (χ2n) is 5.24. The van der Waals surface area contributed by atoms with Crippen molar-refractivity contribution in [1.82, 2.24) is 10.2 Å². The number of ether oxygens (including phenoxy) is 1. The fourth-order valence-corrected chi connectivity index (χ4v) is 1.96. The van der Waals surface area contributed by atoms with Crippen molar-refractivity contribution in [2.24, 2.45) is 11.1 Å². The Balaban J connectivity index is 2.58. The molecule has 1 heterocycles. The average molecular weight is 273 g/mol. The zero-order chi connectivity index (χ0) is 13.8. The molecule has 1 aliphatic heterocycles. The SMILES string of the molecule is CNC(=O)C1COCCN1CCC(C)(C)C(N)=S. The van der Waals surface area contributed by atoms with Crippen LogP contribution in [0.25, 0.3) is 0 Å². The second kappa shape index (κ2) is 6.45. The fourth-order valence-electron chi connectivity index (χ4n) is 1.86. The van der Waals surface area contributed by atoms with Crippen LogP contribution in [0.1, 0.15) is 20.3 Å². The molecule has 0 aromatic carbocycles. The highest BCUT2D eigenvalue weighted by Gasteiger charge is 2.30. The number of thiocarbonyl (C=S) groups is 1. The molecular formula is C12H23N3O2S. The number of rotatable bonds is 5. The maximum absolute atomic E-state index is 11.8. The van der Waals surface area contributed by atoms with E-state index >= 15 is 0 Å². The van der Waals surface area contributed by atoms with Gasteiger partial charge in [-0.1, -0.05) is 26.1 Å². The van der Waals surface area contributed by atoms with Crippen LogP contribution in [-0.2, 0) is 9.53 Å². The molecule has 0 bridgehead atoms. The maximum atomic E-state index is 11.8. The van der Waals surface area contributed by atoms with Crippen LogP contribution < -0.4 is 11.1 Å². The molecule has 5 nitrogen and oxygen atoms in total. The lowest BCUT2D eigenvalue weighted by Gasteiger charge is -2.36. The number of amides is 1. The predicted molar refractivity (Wildman–Crippen MR) is 75.4 cm³/mol. The number of morpholine rings is 1. The van der Waals surface area contributed by atoms with E-state index in [2.05, 4.69) is 10.2 Å². The molecule has 0 aromatic rings. The monoisotopic (exact) mass is 273 g/mol. The first-order chi connectivity index (χ1) is 8.38. The summed E-state index contributed by atoms with van der Waals surface area (Å²) in [6.45, 7) is 6.75. The number of carbonyl (C=O) groups is 1. The highest BCUT2D eigenvalue weighted by atomic mass is 32.1. The van der Waals surface area contributed by atoms with Gasteiger partial charge in [0.25, 0.3) is 0 Å². The Morgan fingerprint density at radius 3 is 2.83 bits per heavy atom. The van der Waals surface area contributed by atoms with Crippen molar-refractivity contribution < 1.29 is 9.53 Å². The molecule has 0 saturated carbocycles. The Morgan fingerprint density at radius 1 is 1.61 bits per heavy atom. The zero-order valence-electron chi connectivity index (χ0n) is 11.4. The highest BCUT2D eigenvalue weighted by Crippen LogP contribution is 2.22. The molecule has 1 unspecified atom stereocenters. The van der Waals surface area contributed by atoms with E-state index in [1.807, 2.05) is 13.8 Å². The molecule has 1 saturated heterocycles. The minimum Gasteiger partial charge on any atom is -0.393 e. The summed E-state index contributed by atoms with van der Waals surface area (Å²) in [7, 11) is 1.65. The largest absolute Gasteiger partial charge is 0.393 e. The third kappa shape index (κ3) is 3.90. The summed E-state index contributed by atoms with van der Waals surface area (Å²) in [4.78, 5) is 14.4. The van der Waals surface area contributed by atoms with Gasteiger partial charge >= 0.3 is 0 Å². The molecule has 0 aliphatic carbocycles. The second-order valence-corrected chi connectivity index (χ2v) is 5.68. The molecular weight excluding hydrogens is 250 g/mol. The number of nitrogens with two attached hydrogens (primary N) is 1. The lowest BCUT2D eigenvalue weighted by molar-refractivity contribution is -0.132. The molecule has 0 aromatic heterocycles. The average Bonchev–Trinajstić information content (AvgIpc) is 2.35. The van der Waals surface area contributed by atoms with Crippen molar-refractivity contribution in [3.63, 3.8) is 0 Å². The van der Waals surface area contributed by atoms with E-state index in [-0.39, 0.29) is 17.4 Å². The van der Waals surface area contributed by atoms with Crippen LogP contribution >= 0.6 is 12.2 Å². The van der Waals surface area contributed by atoms with Gasteiger partial charge in [-0.25, -0.2) is 0 Å². The van der Waals surface area contributed by atoms with E-state index in [9.17, 15) is 4.79 Å². The van der Waals surface area contributed by atoms with Crippen molar-refractivity contribution in [2.45, 2.75) is 26.3 Å². The third-order valence-electron chi connectivity index (χ3n) is 3.48. The van der Waals surface area contributed by atoms with Gasteiger partial charge in [0.2, 0.25) is 5.91 Å². The van der Waals surface area contributed by atoms with E-state index in [1.54, 1.807) is 7.05 Å². The van der Waals surface area contributed by atoms with Crippen LogP contribution in [0, 0.1) is 5.41 Å². The summed E-state index contributed by atoms with van der Waals surface area (Å²) < 4.78 is 5.36. The molecule has 1 aliphatic rings. The first kappa shape index (κ1) is 15.3. The van der Waals surface area contributed by atoms with Crippen LogP contribution in [0.15, 0.2) is 0 Å². The van der Waals surface area contributed by atoms with Gasteiger partial charge in [-0.15, -0.1) is 0 Å². The first-order valence-electron chi connectivity index (χ1n) is 6.22. The molecule has 1 atom stereocenters. The molecule has 0 spiro atoms. The normalized spacial score (nSPS) is 21.6. The molecule has 1 amide bonds. The molecule has 18 heavy (non-hydrogen) atoms. The van der Waals surface area contributed by atoms with E-state index in [0.717, 1.165) is 19.5 Å². The number of likely N-dealkylation sites (N-methyl/N-ethyl adjacent to an activating group) is 1. The van der Waals surface area contributed by atoms with Gasteiger partial charge in [-0.3, -0.25) is 9.69 Å². The maximum Gasteiger partial charge on any atom is 0.239 e. The number of hydrogen-bond acceptors (Lipinski definition) is 4. The van der Waals surface area contributed by atoms with Crippen molar-refractivity contribution in [2.75, 3.05) is 33.4 Å². The molecule has 0 radical (unpaired) electrons. The van der Waals surface area contributed by atoms with E-state index in [1.165, 1.54) is 0 Å². The number of nitrogens with one attached hydrogen (secondary N) is 1. The molecule has 1 fully saturated rings. The Labute approximate surface area is 114 Å². The summed E-state index contributed by atoms with van der Waals surface area (Å²) in [5, 5.41) is 2.67. The fraction of sp³-hybridized carbons (Fsp3) is 0.833. The number of carbonyl (C=O) groups excluding carboxylic acids is 1. The van der Waals surface area contributed by atoms with Crippen molar-refractivity contribution >= 4 is 23.1 Å². The smallest absolute Gasteiger partial charge is 0.239 e. The van der Waals surface area contributed by atoms with E-state index < -0.39 is 0 Å². The van der Waals surface area contributed by atoms with Crippen LogP contribution in [-0.4, -0.2) is 55.2 Å². The third-order valence-corrected chi connectivity index (χ3v) is 4.03. The van der Waals surface area contributed by atoms with Crippen LogP contribution in [0.4, 0.5) is 0 Å².